The molecule has 1 heterocycles. The van der Waals surface area contributed by atoms with Crippen LogP contribution in [0, 0.1) is 11.8 Å². The third kappa shape index (κ3) is 4.02. The van der Waals surface area contributed by atoms with Crippen LogP contribution >= 0.6 is 0 Å². The van der Waals surface area contributed by atoms with E-state index in [-0.39, 0.29) is 0 Å². The number of pyridine rings is 1. The number of fused-ring (bicyclic) bond motifs is 2. The Morgan fingerprint density at radius 2 is 1.69 bits per heavy atom. The molecule has 4 aromatic rings. The van der Waals surface area contributed by atoms with Gasteiger partial charge in [-0.05, 0) is 66.0 Å². The third-order valence-corrected chi connectivity index (χ3v) is 4.81. The lowest BCUT2D eigenvalue weighted by Crippen LogP contribution is -2.00. The van der Waals surface area contributed by atoms with E-state index in [2.05, 4.69) is 35.6 Å². The minimum absolute atomic E-state index is 0.362. The predicted octanol–water partition coefficient (Wildman–Crippen LogP) is 5.59. The van der Waals surface area contributed by atoms with Crippen LogP contribution in [0.1, 0.15) is 18.1 Å². The standard InChI is InChI=1S/C22H20N4O.CH4O/c1-3-14-5-9-18(23)21(11-14)25-22-16-7-4-13(2)10-19(16)24-20-12-15(26-27)6-8-17(20)22;1-2/h4-12H,3,23H2,1-2H3,(H,24,25);2H,1H3. The number of nitroso groups, excluding NO2 is 1. The van der Waals surface area contributed by atoms with Crippen molar-refractivity contribution >= 4 is 44.6 Å². The topological polar surface area (TPSA) is 101 Å². The molecular formula is C23H24N4O2. The number of nitrogens with zero attached hydrogens (tertiary/aromatic N) is 2. The molecule has 148 valence electrons. The van der Waals surface area contributed by atoms with Crippen LogP contribution in [0.25, 0.3) is 21.8 Å². The second-order valence-electron chi connectivity index (χ2n) is 6.70. The van der Waals surface area contributed by atoms with Crippen molar-refractivity contribution in [2.45, 2.75) is 20.3 Å². The smallest absolute Gasteiger partial charge is 0.110 e. The first-order valence-corrected chi connectivity index (χ1v) is 9.36. The Bertz CT molecular complexity index is 1190. The monoisotopic (exact) mass is 388 g/mol. The number of anilines is 3. The average Bonchev–Trinajstić information content (AvgIpc) is 2.75. The van der Waals surface area contributed by atoms with Crippen LogP contribution in [0.2, 0.25) is 0 Å². The van der Waals surface area contributed by atoms with Crippen LogP contribution in [0.5, 0.6) is 0 Å². The van der Waals surface area contributed by atoms with Crippen molar-refractivity contribution in [1.29, 1.82) is 0 Å². The molecule has 0 aliphatic carbocycles. The highest BCUT2D eigenvalue weighted by Gasteiger charge is 2.12. The zero-order valence-electron chi connectivity index (χ0n) is 16.7. The maximum absolute atomic E-state index is 10.9. The average molecular weight is 388 g/mol. The molecule has 0 aliphatic rings. The van der Waals surface area contributed by atoms with Gasteiger partial charge in [-0.25, -0.2) is 4.98 Å². The molecular weight excluding hydrogens is 364 g/mol. The third-order valence-electron chi connectivity index (χ3n) is 4.81. The lowest BCUT2D eigenvalue weighted by molar-refractivity contribution is 0.399. The van der Waals surface area contributed by atoms with Gasteiger partial charge in [0.15, 0.2) is 0 Å². The largest absolute Gasteiger partial charge is 0.400 e. The van der Waals surface area contributed by atoms with Gasteiger partial charge in [-0.15, -0.1) is 4.91 Å². The Labute approximate surface area is 169 Å². The number of aromatic nitrogens is 1. The number of nitrogen functional groups attached to an aromatic ring is 1. The van der Waals surface area contributed by atoms with Crippen LogP contribution in [0.3, 0.4) is 0 Å². The molecule has 0 bridgehead atoms. The van der Waals surface area contributed by atoms with E-state index in [9.17, 15) is 4.91 Å². The van der Waals surface area contributed by atoms with E-state index in [1.165, 1.54) is 5.56 Å². The van der Waals surface area contributed by atoms with Crippen molar-refractivity contribution < 1.29 is 5.11 Å². The van der Waals surface area contributed by atoms with E-state index < -0.39 is 0 Å². The first-order valence-electron chi connectivity index (χ1n) is 9.36. The van der Waals surface area contributed by atoms with Gasteiger partial charge >= 0.3 is 0 Å². The maximum Gasteiger partial charge on any atom is 0.110 e. The minimum atomic E-state index is 0.362. The molecule has 4 N–H and O–H groups in total. The Balaban J connectivity index is 0.00000117. The number of hydrogen-bond acceptors (Lipinski definition) is 6. The first kappa shape index (κ1) is 20.2. The number of aryl methyl sites for hydroxylation is 2. The molecule has 6 nitrogen and oxygen atoms in total. The van der Waals surface area contributed by atoms with Gasteiger partial charge in [0.2, 0.25) is 0 Å². The first-order chi connectivity index (χ1) is 14.1. The van der Waals surface area contributed by atoms with Gasteiger partial charge in [0.1, 0.15) is 5.69 Å². The quantitative estimate of drug-likeness (QED) is 0.240. The fourth-order valence-corrected chi connectivity index (χ4v) is 3.30. The summed E-state index contributed by atoms with van der Waals surface area (Å²) in [7, 11) is 1.00. The molecule has 3 aromatic carbocycles. The van der Waals surface area contributed by atoms with Gasteiger partial charge in [0, 0.05) is 17.9 Å². The van der Waals surface area contributed by atoms with Crippen molar-refractivity contribution in [3.8, 4) is 0 Å². The molecule has 0 fully saturated rings. The number of nitrogens with two attached hydrogens (primary N) is 1. The summed E-state index contributed by atoms with van der Waals surface area (Å²) in [5.74, 6) is 0. The van der Waals surface area contributed by atoms with Crippen molar-refractivity contribution in [1.82, 2.24) is 4.98 Å². The molecule has 0 saturated heterocycles. The van der Waals surface area contributed by atoms with Crippen molar-refractivity contribution in [2.75, 3.05) is 18.2 Å². The zero-order valence-corrected chi connectivity index (χ0v) is 16.7. The molecule has 1 aromatic heterocycles. The summed E-state index contributed by atoms with van der Waals surface area (Å²) in [5, 5.41) is 15.5. The second kappa shape index (κ2) is 8.67. The summed E-state index contributed by atoms with van der Waals surface area (Å²) in [6, 6.07) is 17.5. The van der Waals surface area contributed by atoms with Crippen LogP contribution in [0.4, 0.5) is 22.7 Å². The van der Waals surface area contributed by atoms with Crippen molar-refractivity contribution in [3.63, 3.8) is 0 Å². The maximum atomic E-state index is 10.9. The molecule has 0 aliphatic heterocycles. The molecule has 6 heteroatoms. The van der Waals surface area contributed by atoms with E-state index in [4.69, 9.17) is 15.8 Å². The number of aliphatic hydroxyl groups is 1. The highest BCUT2D eigenvalue weighted by atomic mass is 16.3. The van der Waals surface area contributed by atoms with Crippen molar-refractivity contribution in [2.24, 2.45) is 5.18 Å². The minimum Gasteiger partial charge on any atom is -0.400 e. The normalized spacial score (nSPS) is 10.5. The summed E-state index contributed by atoms with van der Waals surface area (Å²) in [6.45, 7) is 4.15. The Hall–Kier alpha value is -3.51. The zero-order chi connectivity index (χ0) is 21.0. The molecule has 0 amide bonds. The number of rotatable bonds is 4. The predicted molar refractivity (Wildman–Crippen MR) is 121 cm³/mol. The number of nitrogens with one attached hydrogen (secondary N) is 1. The van der Waals surface area contributed by atoms with Crippen LogP contribution in [-0.4, -0.2) is 17.2 Å². The summed E-state index contributed by atoms with van der Waals surface area (Å²) in [4.78, 5) is 15.7. The summed E-state index contributed by atoms with van der Waals surface area (Å²) in [6.07, 6.45) is 0.931. The van der Waals surface area contributed by atoms with E-state index >= 15 is 0 Å². The lowest BCUT2D eigenvalue weighted by atomic mass is 10.0. The summed E-state index contributed by atoms with van der Waals surface area (Å²) < 4.78 is 0. The number of aliphatic hydroxyl groups excluding tert-OH is 1. The van der Waals surface area contributed by atoms with Crippen molar-refractivity contribution in [3.05, 3.63) is 70.6 Å². The Morgan fingerprint density at radius 1 is 1.00 bits per heavy atom. The van der Waals surface area contributed by atoms with Gasteiger partial charge in [0.25, 0.3) is 0 Å². The molecule has 0 unspecified atom stereocenters. The Kier molecular flexibility index (Phi) is 6.04. The lowest BCUT2D eigenvalue weighted by Gasteiger charge is -2.16. The highest BCUT2D eigenvalue weighted by Crippen LogP contribution is 2.36. The van der Waals surface area contributed by atoms with Crippen LogP contribution in [-0.2, 0) is 6.42 Å². The Morgan fingerprint density at radius 3 is 2.38 bits per heavy atom. The molecule has 0 saturated carbocycles. The van der Waals surface area contributed by atoms with Crippen LogP contribution < -0.4 is 11.1 Å². The molecule has 0 radical (unpaired) electrons. The molecule has 0 spiro atoms. The SMILES string of the molecule is CCc1ccc(N)c(Nc2c3ccc(C)cc3nc3cc(N=O)ccc23)c1.CO. The van der Waals surface area contributed by atoms with E-state index in [1.54, 1.807) is 12.1 Å². The van der Waals surface area contributed by atoms with Gasteiger partial charge in [-0.2, -0.15) is 0 Å². The molecule has 0 atom stereocenters. The fraction of sp³-hybridized carbons (Fsp3) is 0.174. The highest BCUT2D eigenvalue weighted by molar-refractivity contribution is 6.09. The fourth-order valence-electron chi connectivity index (χ4n) is 3.30. The van der Waals surface area contributed by atoms with E-state index in [0.717, 1.165) is 52.3 Å². The molecule has 29 heavy (non-hydrogen) atoms. The van der Waals surface area contributed by atoms with Gasteiger partial charge in [-0.1, -0.05) is 25.1 Å². The van der Waals surface area contributed by atoms with Gasteiger partial charge in [-0.3, -0.25) is 0 Å². The number of hydrogen-bond donors (Lipinski definition) is 3. The van der Waals surface area contributed by atoms with Gasteiger partial charge in [0.05, 0.1) is 28.1 Å². The van der Waals surface area contributed by atoms with E-state index in [1.807, 2.05) is 31.2 Å². The number of benzene rings is 3. The molecule has 4 rings (SSSR count). The summed E-state index contributed by atoms with van der Waals surface area (Å²) in [5.41, 5.74) is 13.0. The van der Waals surface area contributed by atoms with Gasteiger partial charge < -0.3 is 16.2 Å². The summed E-state index contributed by atoms with van der Waals surface area (Å²) >= 11 is 0. The van der Waals surface area contributed by atoms with Crippen LogP contribution in [0.15, 0.2) is 59.8 Å². The second-order valence-corrected chi connectivity index (χ2v) is 6.70. The van der Waals surface area contributed by atoms with E-state index in [0.29, 0.717) is 11.4 Å².